The molecule has 0 aliphatic rings. The van der Waals surface area contributed by atoms with Gasteiger partial charge in [0.15, 0.2) is 5.82 Å². The summed E-state index contributed by atoms with van der Waals surface area (Å²) in [5.41, 5.74) is 0.914. The number of hydrogen-bond acceptors (Lipinski definition) is 7. The molecule has 0 aliphatic carbocycles. The normalized spacial score (nSPS) is 10.8. The van der Waals surface area contributed by atoms with Crippen LogP contribution in [0.15, 0.2) is 6.07 Å². The smallest absolute Gasteiger partial charge is 0.156 e. The molecule has 0 radical (unpaired) electrons. The summed E-state index contributed by atoms with van der Waals surface area (Å²) in [4.78, 5) is 8.62. The highest BCUT2D eigenvalue weighted by Crippen LogP contribution is 2.05. The van der Waals surface area contributed by atoms with Crippen LogP contribution in [-0.4, -0.2) is 63.8 Å². The van der Waals surface area contributed by atoms with Crippen LogP contribution in [0.4, 0.5) is 5.82 Å². The Hall–Kier alpha value is -1.28. The predicted octanol–water partition coefficient (Wildman–Crippen LogP) is 1.02. The Bertz CT molecular complexity index is 390. The lowest BCUT2D eigenvalue weighted by molar-refractivity contribution is 0.0000178. The molecule has 1 N–H and O–H groups in total. The molecule has 1 heterocycles. The Morgan fingerprint density at radius 1 is 0.952 bits per heavy atom. The van der Waals surface area contributed by atoms with Crippen molar-refractivity contribution >= 4 is 5.82 Å². The molecule has 7 nitrogen and oxygen atoms in total. The van der Waals surface area contributed by atoms with Gasteiger partial charge in [0.2, 0.25) is 0 Å². The summed E-state index contributed by atoms with van der Waals surface area (Å²) in [5.74, 6) is 1.47. The predicted molar refractivity (Wildman–Crippen MR) is 79.5 cm³/mol. The molecule has 7 heteroatoms. The average molecular weight is 299 g/mol. The van der Waals surface area contributed by atoms with E-state index in [4.69, 9.17) is 18.9 Å². The second kappa shape index (κ2) is 11.4. The first-order valence-electron chi connectivity index (χ1n) is 7.00. The summed E-state index contributed by atoms with van der Waals surface area (Å²) < 4.78 is 21.0. The van der Waals surface area contributed by atoms with Crippen molar-refractivity contribution in [3.63, 3.8) is 0 Å². The van der Waals surface area contributed by atoms with Gasteiger partial charge >= 0.3 is 0 Å². The van der Waals surface area contributed by atoms with Gasteiger partial charge in [0.1, 0.15) is 12.4 Å². The van der Waals surface area contributed by atoms with Crippen LogP contribution in [0.1, 0.15) is 11.5 Å². The molecule has 21 heavy (non-hydrogen) atoms. The third kappa shape index (κ3) is 8.56. The standard InChI is InChI=1S/C14H25N3O4/c1-12-10-13(15-2)17-14(16-12)11-21-9-8-20-7-6-19-5-4-18-3/h10H,4-9,11H2,1-3H3,(H,15,16,17). The van der Waals surface area contributed by atoms with Crippen molar-refractivity contribution in [3.8, 4) is 0 Å². The Morgan fingerprint density at radius 2 is 1.57 bits per heavy atom. The van der Waals surface area contributed by atoms with E-state index in [9.17, 15) is 0 Å². The minimum absolute atomic E-state index is 0.379. The van der Waals surface area contributed by atoms with E-state index in [0.29, 0.717) is 52.1 Å². The molecule has 0 amide bonds. The maximum atomic E-state index is 5.48. The number of aryl methyl sites for hydroxylation is 1. The van der Waals surface area contributed by atoms with E-state index in [2.05, 4.69) is 15.3 Å². The Balaban J connectivity index is 2.03. The van der Waals surface area contributed by atoms with Crippen LogP contribution in [0.25, 0.3) is 0 Å². The molecule has 0 saturated heterocycles. The molecule has 0 unspecified atom stereocenters. The van der Waals surface area contributed by atoms with Crippen LogP contribution < -0.4 is 5.32 Å². The van der Waals surface area contributed by atoms with Crippen LogP contribution >= 0.6 is 0 Å². The topological polar surface area (TPSA) is 74.7 Å². The van der Waals surface area contributed by atoms with Crippen molar-refractivity contribution in [2.45, 2.75) is 13.5 Å². The van der Waals surface area contributed by atoms with Gasteiger partial charge < -0.3 is 24.3 Å². The second-order valence-corrected chi connectivity index (χ2v) is 4.33. The van der Waals surface area contributed by atoms with E-state index < -0.39 is 0 Å². The van der Waals surface area contributed by atoms with Crippen molar-refractivity contribution in [3.05, 3.63) is 17.6 Å². The maximum absolute atomic E-state index is 5.48. The summed E-state index contributed by atoms with van der Waals surface area (Å²) in [6.45, 7) is 5.65. The Kier molecular flexibility index (Phi) is 9.64. The number of aromatic nitrogens is 2. The quantitative estimate of drug-likeness (QED) is 0.578. The number of hydrogen-bond donors (Lipinski definition) is 1. The molecule has 0 spiro atoms. The summed E-state index contributed by atoms with van der Waals surface area (Å²) in [5, 5.41) is 2.99. The first-order chi connectivity index (χ1) is 10.3. The van der Waals surface area contributed by atoms with Gasteiger partial charge in [-0.25, -0.2) is 9.97 Å². The number of nitrogens with zero attached hydrogens (tertiary/aromatic N) is 2. The molecule has 0 bridgehead atoms. The highest BCUT2D eigenvalue weighted by molar-refractivity contribution is 5.34. The average Bonchev–Trinajstić information content (AvgIpc) is 2.48. The Labute approximate surface area is 126 Å². The number of nitrogens with one attached hydrogen (secondary N) is 1. The number of ether oxygens (including phenoxy) is 4. The monoisotopic (exact) mass is 299 g/mol. The SMILES string of the molecule is CNc1cc(C)nc(COCCOCCOCCOC)n1. The van der Waals surface area contributed by atoms with E-state index in [1.54, 1.807) is 7.11 Å². The highest BCUT2D eigenvalue weighted by Gasteiger charge is 2.01. The fraction of sp³-hybridized carbons (Fsp3) is 0.714. The number of anilines is 1. The van der Waals surface area contributed by atoms with Crippen LogP contribution in [0.3, 0.4) is 0 Å². The first kappa shape index (κ1) is 17.8. The van der Waals surface area contributed by atoms with Crippen LogP contribution in [0.5, 0.6) is 0 Å². The Morgan fingerprint density at radius 3 is 2.19 bits per heavy atom. The third-order valence-electron chi connectivity index (χ3n) is 2.56. The molecule has 0 fully saturated rings. The molecular weight excluding hydrogens is 274 g/mol. The summed E-state index contributed by atoms with van der Waals surface area (Å²) in [7, 11) is 3.48. The number of methoxy groups -OCH3 is 1. The van der Waals surface area contributed by atoms with Gasteiger partial charge in [0, 0.05) is 25.9 Å². The zero-order valence-corrected chi connectivity index (χ0v) is 13.1. The van der Waals surface area contributed by atoms with Gasteiger partial charge in [0.05, 0.1) is 39.6 Å². The lowest BCUT2D eigenvalue weighted by atomic mass is 10.4. The molecule has 0 atom stereocenters. The van der Waals surface area contributed by atoms with E-state index in [0.717, 1.165) is 11.5 Å². The van der Waals surface area contributed by atoms with E-state index in [1.807, 2.05) is 20.0 Å². The molecule has 0 saturated carbocycles. The van der Waals surface area contributed by atoms with Gasteiger partial charge in [-0.3, -0.25) is 0 Å². The van der Waals surface area contributed by atoms with E-state index >= 15 is 0 Å². The molecule has 1 rings (SSSR count). The van der Waals surface area contributed by atoms with Gasteiger partial charge in [-0.2, -0.15) is 0 Å². The van der Waals surface area contributed by atoms with Gasteiger partial charge in [-0.1, -0.05) is 0 Å². The third-order valence-corrected chi connectivity index (χ3v) is 2.56. The van der Waals surface area contributed by atoms with Gasteiger partial charge in [0.25, 0.3) is 0 Å². The van der Waals surface area contributed by atoms with Crippen molar-refractivity contribution in [2.75, 3.05) is 59.1 Å². The minimum Gasteiger partial charge on any atom is -0.382 e. The van der Waals surface area contributed by atoms with Crippen LogP contribution in [0, 0.1) is 6.92 Å². The maximum Gasteiger partial charge on any atom is 0.156 e. The summed E-state index contributed by atoms with van der Waals surface area (Å²) in [6, 6.07) is 1.89. The molecule has 1 aromatic rings. The molecule has 1 aromatic heterocycles. The van der Waals surface area contributed by atoms with Crippen LogP contribution in [-0.2, 0) is 25.6 Å². The zero-order chi connectivity index (χ0) is 15.3. The van der Waals surface area contributed by atoms with Crippen molar-refractivity contribution in [1.82, 2.24) is 9.97 Å². The lowest BCUT2D eigenvalue weighted by Gasteiger charge is -2.07. The molecule has 120 valence electrons. The fourth-order valence-electron chi connectivity index (χ4n) is 1.57. The highest BCUT2D eigenvalue weighted by atomic mass is 16.6. The largest absolute Gasteiger partial charge is 0.382 e. The minimum atomic E-state index is 0.379. The summed E-state index contributed by atoms with van der Waals surface area (Å²) in [6.07, 6.45) is 0. The molecule has 0 aliphatic heterocycles. The second-order valence-electron chi connectivity index (χ2n) is 4.33. The van der Waals surface area contributed by atoms with E-state index in [-0.39, 0.29) is 0 Å². The fourth-order valence-corrected chi connectivity index (χ4v) is 1.57. The summed E-state index contributed by atoms with van der Waals surface area (Å²) >= 11 is 0. The molecule has 0 aromatic carbocycles. The zero-order valence-electron chi connectivity index (χ0n) is 13.1. The van der Waals surface area contributed by atoms with E-state index in [1.165, 1.54) is 0 Å². The van der Waals surface area contributed by atoms with Crippen molar-refractivity contribution in [2.24, 2.45) is 0 Å². The van der Waals surface area contributed by atoms with Crippen molar-refractivity contribution < 1.29 is 18.9 Å². The van der Waals surface area contributed by atoms with Gasteiger partial charge in [-0.15, -0.1) is 0 Å². The number of rotatable bonds is 12. The van der Waals surface area contributed by atoms with Crippen molar-refractivity contribution in [1.29, 1.82) is 0 Å². The van der Waals surface area contributed by atoms with Gasteiger partial charge in [-0.05, 0) is 6.92 Å². The molecular formula is C14H25N3O4. The first-order valence-corrected chi connectivity index (χ1v) is 7.00. The van der Waals surface area contributed by atoms with Crippen LogP contribution in [0.2, 0.25) is 0 Å². The lowest BCUT2D eigenvalue weighted by Crippen LogP contribution is -2.12.